The Balaban J connectivity index is 3.13. The van der Waals surface area contributed by atoms with Crippen LogP contribution in [0, 0.1) is 20.8 Å². The Morgan fingerprint density at radius 1 is 1.22 bits per heavy atom. The summed E-state index contributed by atoms with van der Waals surface area (Å²) >= 11 is 0. The molecule has 1 aromatic carbocycles. The van der Waals surface area contributed by atoms with Crippen LogP contribution in [-0.4, -0.2) is 19.1 Å². The molecule has 3 heteroatoms. The van der Waals surface area contributed by atoms with E-state index in [1.165, 1.54) is 23.8 Å². The van der Waals surface area contributed by atoms with Crippen molar-refractivity contribution in [2.75, 3.05) is 7.11 Å². The third-order valence-corrected chi connectivity index (χ3v) is 3.53. The maximum atomic E-state index is 11.5. The number of carbonyl (C=O) groups is 1. The lowest BCUT2D eigenvalue weighted by Gasteiger charge is -2.23. The van der Waals surface area contributed by atoms with Crippen molar-refractivity contribution in [2.24, 2.45) is 5.73 Å². The third-order valence-electron chi connectivity index (χ3n) is 3.53. The number of esters is 1. The highest BCUT2D eigenvalue weighted by molar-refractivity contribution is 5.70. The first kappa shape index (κ1) is 14.7. The Hall–Kier alpha value is -1.35. The third kappa shape index (κ3) is 3.33. The summed E-state index contributed by atoms with van der Waals surface area (Å²) in [6.45, 7) is 8.17. The van der Waals surface area contributed by atoms with E-state index in [1.807, 2.05) is 6.92 Å². The molecule has 3 nitrogen and oxygen atoms in total. The average molecular weight is 249 g/mol. The van der Waals surface area contributed by atoms with Gasteiger partial charge in [0.1, 0.15) is 0 Å². The lowest BCUT2D eigenvalue weighted by molar-refractivity contribution is -0.141. The average Bonchev–Trinajstić information content (AvgIpc) is 2.30. The minimum absolute atomic E-state index is 0.0109. The quantitative estimate of drug-likeness (QED) is 0.834. The predicted molar refractivity (Wildman–Crippen MR) is 73.7 cm³/mol. The zero-order valence-electron chi connectivity index (χ0n) is 11.9. The molecule has 0 aliphatic rings. The molecular weight excluding hydrogens is 226 g/mol. The van der Waals surface area contributed by atoms with Crippen molar-refractivity contribution in [2.45, 2.75) is 46.1 Å². The van der Waals surface area contributed by atoms with Crippen molar-refractivity contribution in [1.82, 2.24) is 0 Å². The van der Waals surface area contributed by atoms with E-state index in [1.54, 1.807) is 0 Å². The van der Waals surface area contributed by atoms with Crippen molar-refractivity contribution >= 4 is 5.97 Å². The van der Waals surface area contributed by atoms with E-state index in [2.05, 4.69) is 32.9 Å². The number of ether oxygens (including phenoxy) is 1. The molecule has 2 unspecified atom stereocenters. The van der Waals surface area contributed by atoms with E-state index < -0.39 is 0 Å². The largest absolute Gasteiger partial charge is 0.469 e. The molecule has 0 saturated heterocycles. The first-order valence-electron chi connectivity index (χ1n) is 6.27. The van der Waals surface area contributed by atoms with Gasteiger partial charge in [0.2, 0.25) is 0 Å². The SMILES string of the molecule is COC(=O)CC(c1cc(C)c(C)cc1C)C(C)N. The van der Waals surface area contributed by atoms with Crippen LogP contribution >= 0.6 is 0 Å². The van der Waals surface area contributed by atoms with Gasteiger partial charge in [-0.3, -0.25) is 4.79 Å². The highest BCUT2D eigenvalue weighted by atomic mass is 16.5. The minimum Gasteiger partial charge on any atom is -0.469 e. The summed E-state index contributed by atoms with van der Waals surface area (Å²) in [4.78, 5) is 11.5. The summed E-state index contributed by atoms with van der Waals surface area (Å²) in [5, 5.41) is 0. The van der Waals surface area contributed by atoms with Crippen molar-refractivity contribution < 1.29 is 9.53 Å². The van der Waals surface area contributed by atoms with Gasteiger partial charge in [0, 0.05) is 12.0 Å². The van der Waals surface area contributed by atoms with Crippen LogP contribution in [-0.2, 0) is 9.53 Å². The van der Waals surface area contributed by atoms with Gasteiger partial charge in [0.25, 0.3) is 0 Å². The Morgan fingerprint density at radius 2 is 1.78 bits per heavy atom. The van der Waals surface area contributed by atoms with E-state index in [0.717, 1.165) is 5.56 Å². The molecule has 0 aromatic heterocycles. The van der Waals surface area contributed by atoms with Crippen LogP contribution in [0.15, 0.2) is 12.1 Å². The molecule has 0 saturated carbocycles. The Morgan fingerprint density at radius 3 is 2.28 bits per heavy atom. The molecule has 18 heavy (non-hydrogen) atoms. The molecule has 100 valence electrons. The van der Waals surface area contributed by atoms with Crippen LogP contribution in [0.2, 0.25) is 0 Å². The summed E-state index contributed by atoms with van der Waals surface area (Å²) in [5.74, 6) is -0.202. The van der Waals surface area contributed by atoms with Crippen molar-refractivity contribution in [1.29, 1.82) is 0 Å². The summed E-state index contributed by atoms with van der Waals surface area (Å²) in [6, 6.07) is 4.21. The first-order chi connectivity index (χ1) is 8.36. The molecule has 0 heterocycles. The van der Waals surface area contributed by atoms with Crippen LogP contribution in [0.1, 0.15) is 41.5 Å². The van der Waals surface area contributed by atoms with Crippen molar-refractivity contribution in [3.8, 4) is 0 Å². The van der Waals surface area contributed by atoms with Gasteiger partial charge in [-0.15, -0.1) is 0 Å². The number of benzene rings is 1. The monoisotopic (exact) mass is 249 g/mol. The smallest absolute Gasteiger partial charge is 0.306 e. The lowest BCUT2D eigenvalue weighted by atomic mass is 9.85. The molecule has 0 amide bonds. The van der Waals surface area contributed by atoms with Crippen LogP contribution in [0.4, 0.5) is 0 Å². The van der Waals surface area contributed by atoms with Crippen LogP contribution in [0.3, 0.4) is 0 Å². The second-order valence-electron chi connectivity index (χ2n) is 5.04. The molecule has 0 bridgehead atoms. The molecule has 2 atom stereocenters. The predicted octanol–water partition coefficient (Wildman–Crippen LogP) is 2.61. The van der Waals surface area contributed by atoms with Gasteiger partial charge in [0.05, 0.1) is 13.5 Å². The number of rotatable bonds is 4. The van der Waals surface area contributed by atoms with Gasteiger partial charge in [-0.05, 0) is 49.9 Å². The Bertz CT molecular complexity index is 438. The second kappa shape index (κ2) is 6.01. The maximum Gasteiger partial charge on any atom is 0.306 e. The van der Waals surface area contributed by atoms with Gasteiger partial charge in [0.15, 0.2) is 0 Å². The fourth-order valence-electron chi connectivity index (χ4n) is 2.22. The van der Waals surface area contributed by atoms with Crippen molar-refractivity contribution in [3.63, 3.8) is 0 Å². The van der Waals surface area contributed by atoms with E-state index >= 15 is 0 Å². The number of nitrogens with two attached hydrogens (primary N) is 1. The highest BCUT2D eigenvalue weighted by Crippen LogP contribution is 2.28. The number of carbonyl (C=O) groups excluding carboxylic acids is 1. The fourth-order valence-corrected chi connectivity index (χ4v) is 2.22. The lowest BCUT2D eigenvalue weighted by Crippen LogP contribution is -2.28. The van der Waals surface area contributed by atoms with Gasteiger partial charge in [-0.2, -0.15) is 0 Å². The molecule has 0 aliphatic carbocycles. The van der Waals surface area contributed by atoms with Gasteiger partial charge in [-0.1, -0.05) is 12.1 Å². The maximum absolute atomic E-state index is 11.5. The molecule has 0 radical (unpaired) electrons. The summed E-state index contributed by atoms with van der Waals surface area (Å²) < 4.78 is 4.75. The second-order valence-corrected chi connectivity index (χ2v) is 5.04. The molecule has 1 aromatic rings. The van der Waals surface area contributed by atoms with Crippen LogP contribution in [0.5, 0.6) is 0 Å². The number of hydrogen-bond acceptors (Lipinski definition) is 3. The fraction of sp³-hybridized carbons (Fsp3) is 0.533. The van der Waals surface area contributed by atoms with Gasteiger partial charge < -0.3 is 10.5 Å². The van der Waals surface area contributed by atoms with Gasteiger partial charge in [-0.25, -0.2) is 0 Å². The zero-order valence-corrected chi connectivity index (χ0v) is 11.9. The minimum atomic E-state index is -0.213. The normalized spacial score (nSPS) is 14.1. The number of hydrogen-bond donors (Lipinski definition) is 1. The molecular formula is C15H23NO2. The summed E-state index contributed by atoms with van der Waals surface area (Å²) in [7, 11) is 1.41. The van der Waals surface area contributed by atoms with Crippen LogP contribution < -0.4 is 5.73 Å². The zero-order chi connectivity index (χ0) is 13.9. The Kier molecular flexibility index (Phi) is 4.91. The molecule has 1 rings (SSSR count). The summed E-state index contributed by atoms with van der Waals surface area (Å²) in [6.07, 6.45) is 0.331. The molecule has 2 N–H and O–H groups in total. The first-order valence-corrected chi connectivity index (χ1v) is 6.27. The molecule has 0 fully saturated rings. The standard InChI is InChI=1S/C15H23NO2/c1-9-6-11(3)13(7-10(9)2)14(12(4)16)8-15(17)18-5/h6-7,12,14H,8,16H2,1-5H3. The Labute approximate surface area is 109 Å². The van der Waals surface area contributed by atoms with E-state index in [9.17, 15) is 4.79 Å². The van der Waals surface area contributed by atoms with E-state index in [0.29, 0.717) is 6.42 Å². The van der Waals surface area contributed by atoms with E-state index in [4.69, 9.17) is 10.5 Å². The molecule has 0 spiro atoms. The van der Waals surface area contributed by atoms with Crippen LogP contribution in [0.25, 0.3) is 0 Å². The highest BCUT2D eigenvalue weighted by Gasteiger charge is 2.22. The van der Waals surface area contributed by atoms with E-state index in [-0.39, 0.29) is 17.9 Å². The number of methoxy groups -OCH3 is 1. The number of aryl methyl sites for hydroxylation is 3. The topological polar surface area (TPSA) is 52.3 Å². The van der Waals surface area contributed by atoms with Gasteiger partial charge >= 0.3 is 5.97 Å². The molecule has 0 aliphatic heterocycles. The van der Waals surface area contributed by atoms with Crippen molar-refractivity contribution in [3.05, 3.63) is 34.4 Å². The summed E-state index contributed by atoms with van der Waals surface area (Å²) in [5.41, 5.74) is 10.8.